The lowest BCUT2D eigenvalue weighted by Gasteiger charge is -2.43. The molecule has 2 amide bonds. The summed E-state index contributed by atoms with van der Waals surface area (Å²) in [4.78, 5) is 32.9. The maximum atomic E-state index is 13.4. The van der Waals surface area contributed by atoms with E-state index in [2.05, 4.69) is 25.4 Å². The number of carbonyl (C=O) groups excluding carboxylic acids is 2. The zero-order valence-corrected chi connectivity index (χ0v) is 15.9. The fraction of sp³-hybridized carbons (Fsp3) is 0.526. The van der Waals surface area contributed by atoms with Crippen LogP contribution in [0.3, 0.4) is 0 Å². The first-order valence-electron chi connectivity index (χ1n) is 9.99. The molecule has 2 fully saturated rings. The van der Waals surface area contributed by atoms with Gasteiger partial charge in [0.05, 0.1) is 6.04 Å². The van der Waals surface area contributed by atoms with Gasteiger partial charge in [0.1, 0.15) is 0 Å². The summed E-state index contributed by atoms with van der Waals surface area (Å²) >= 11 is 0. The average molecular weight is 399 g/mol. The van der Waals surface area contributed by atoms with Crippen molar-refractivity contribution in [2.45, 2.75) is 37.9 Å². The SMILES string of the molecule is O=C(NC1CCC1)c1nnc2n1CCN1CCN(C(=O)c3ccnc(F)c3)CC21. The van der Waals surface area contributed by atoms with Gasteiger partial charge >= 0.3 is 0 Å². The quantitative estimate of drug-likeness (QED) is 0.760. The molecular weight excluding hydrogens is 377 g/mol. The minimum Gasteiger partial charge on any atom is -0.347 e. The summed E-state index contributed by atoms with van der Waals surface area (Å²) in [7, 11) is 0. The van der Waals surface area contributed by atoms with Gasteiger partial charge in [-0.05, 0) is 25.3 Å². The number of nitrogens with zero attached hydrogens (tertiary/aromatic N) is 6. The third kappa shape index (κ3) is 3.27. The summed E-state index contributed by atoms with van der Waals surface area (Å²) < 4.78 is 15.3. The molecular formula is C19H22FN7O2. The highest BCUT2D eigenvalue weighted by Crippen LogP contribution is 2.29. The predicted octanol–water partition coefficient (Wildman–Crippen LogP) is 0.607. The van der Waals surface area contributed by atoms with E-state index in [0.29, 0.717) is 37.8 Å². The molecule has 152 valence electrons. The van der Waals surface area contributed by atoms with Crippen molar-refractivity contribution in [3.63, 3.8) is 0 Å². The lowest BCUT2D eigenvalue weighted by Crippen LogP contribution is -2.54. The highest BCUT2D eigenvalue weighted by atomic mass is 19.1. The number of halogens is 1. The fourth-order valence-corrected chi connectivity index (χ4v) is 4.22. The van der Waals surface area contributed by atoms with Gasteiger partial charge in [-0.2, -0.15) is 4.39 Å². The van der Waals surface area contributed by atoms with Crippen LogP contribution in [-0.2, 0) is 6.54 Å². The van der Waals surface area contributed by atoms with Crippen LogP contribution >= 0.6 is 0 Å². The topological polar surface area (TPSA) is 96.3 Å². The van der Waals surface area contributed by atoms with Gasteiger partial charge in [0.25, 0.3) is 11.8 Å². The van der Waals surface area contributed by atoms with Crippen molar-refractivity contribution in [2.24, 2.45) is 0 Å². The van der Waals surface area contributed by atoms with Crippen molar-refractivity contribution < 1.29 is 14.0 Å². The molecule has 9 nitrogen and oxygen atoms in total. The molecule has 1 saturated heterocycles. The van der Waals surface area contributed by atoms with Crippen LogP contribution < -0.4 is 5.32 Å². The van der Waals surface area contributed by atoms with Gasteiger partial charge in [-0.15, -0.1) is 10.2 Å². The molecule has 4 heterocycles. The van der Waals surface area contributed by atoms with Crippen LogP contribution in [0.1, 0.15) is 52.1 Å². The van der Waals surface area contributed by atoms with Gasteiger partial charge in [0.2, 0.25) is 11.8 Å². The van der Waals surface area contributed by atoms with E-state index in [1.807, 2.05) is 4.57 Å². The third-order valence-electron chi connectivity index (χ3n) is 6.08. The number of rotatable bonds is 3. The van der Waals surface area contributed by atoms with Gasteiger partial charge < -0.3 is 14.8 Å². The largest absolute Gasteiger partial charge is 0.347 e. The Kier molecular flexibility index (Phi) is 4.50. The minimum atomic E-state index is -0.672. The van der Waals surface area contributed by atoms with E-state index >= 15 is 0 Å². The molecule has 10 heteroatoms. The van der Waals surface area contributed by atoms with E-state index in [4.69, 9.17) is 0 Å². The Morgan fingerprint density at radius 2 is 1.97 bits per heavy atom. The van der Waals surface area contributed by atoms with Crippen LogP contribution in [0.2, 0.25) is 0 Å². The van der Waals surface area contributed by atoms with Crippen molar-refractivity contribution in [1.82, 2.24) is 34.9 Å². The van der Waals surface area contributed by atoms with Crippen LogP contribution in [0.25, 0.3) is 0 Å². The molecule has 0 bridgehead atoms. The third-order valence-corrected chi connectivity index (χ3v) is 6.08. The first-order chi connectivity index (χ1) is 14.1. The molecule has 29 heavy (non-hydrogen) atoms. The first-order valence-corrected chi connectivity index (χ1v) is 9.99. The second-order valence-electron chi connectivity index (χ2n) is 7.80. The maximum absolute atomic E-state index is 13.4. The van der Waals surface area contributed by atoms with Crippen LogP contribution in [0.4, 0.5) is 4.39 Å². The van der Waals surface area contributed by atoms with Crippen molar-refractivity contribution >= 4 is 11.8 Å². The lowest BCUT2D eigenvalue weighted by molar-refractivity contribution is 0.0372. The van der Waals surface area contributed by atoms with E-state index in [-0.39, 0.29) is 29.5 Å². The van der Waals surface area contributed by atoms with Crippen molar-refractivity contribution in [2.75, 3.05) is 26.2 Å². The molecule has 1 aliphatic carbocycles. The van der Waals surface area contributed by atoms with Crippen LogP contribution in [-0.4, -0.2) is 73.6 Å². The molecule has 2 aromatic heterocycles. The molecule has 0 aromatic carbocycles. The second-order valence-corrected chi connectivity index (χ2v) is 7.80. The van der Waals surface area contributed by atoms with Crippen LogP contribution in [0, 0.1) is 5.95 Å². The summed E-state index contributed by atoms with van der Waals surface area (Å²) in [5.74, 6) is -0.0444. The average Bonchev–Trinajstić information content (AvgIpc) is 3.14. The van der Waals surface area contributed by atoms with Crippen molar-refractivity contribution in [3.8, 4) is 0 Å². The molecule has 0 spiro atoms. The Labute approximate surface area is 166 Å². The summed E-state index contributed by atoms with van der Waals surface area (Å²) in [5, 5.41) is 11.5. The number of pyridine rings is 1. The zero-order chi connectivity index (χ0) is 20.0. The van der Waals surface area contributed by atoms with E-state index in [0.717, 1.165) is 31.9 Å². The van der Waals surface area contributed by atoms with Gasteiger partial charge in [-0.1, -0.05) is 0 Å². The molecule has 5 rings (SSSR count). The molecule has 2 aliphatic heterocycles. The standard InChI is InChI=1S/C19H22FN7O2/c20-15-10-12(4-5-21-15)19(29)26-7-6-25-8-9-27-16(14(25)11-26)23-24-17(27)18(28)22-13-2-1-3-13/h4-5,10,13-14H,1-3,6-9,11H2,(H,22,28). The number of fused-ring (bicyclic) bond motifs is 3. The van der Waals surface area contributed by atoms with E-state index in [1.54, 1.807) is 4.90 Å². The predicted molar refractivity (Wildman–Crippen MR) is 99.5 cm³/mol. The van der Waals surface area contributed by atoms with E-state index in [1.165, 1.54) is 12.3 Å². The summed E-state index contributed by atoms with van der Waals surface area (Å²) in [6.45, 7) is 3.09. The van der Waals surface area contributed by atoms with E-state index in [9.17, 15) is 14.0 Å². The molecule has 1 unspecified atom stereocenters. The minimum absolute atomic E-state index is 0.133. The molecule has 2 aromatic rings. The smallest absolute Gasteiger partial charge is 0.289 e. The number of piperazine rings is 1. The molecule has 0 radical (unpaired) electrons. The number of hydrogen-bond donors (Lipinski definition) is 1. The number of hydrogen-bond acceptors (Lipinski definition) is 6. The fourth-order valence-electron chi connectivity index (χ4n) is 4.22. The summed E-state index contributed by atoms with van der Waals surface area (Å²) in [6.07, 6.45) is 4.46. The number of carbonyl (C=O) groups is 2. The molecule has 1 saturated carbocycles. The van der Waals surface area contributed by atoms with Crippen LogP contribution in [0.15, 0.2) is 18.3 Å². The van der Waals surface area contributed by atoms with Crippen molar-refractivity contribution in [3.05, 3.63) is 41.5 Å². The second kappa shape index (κ2) is 7.18. The van der Waals surface area contributed by atoms with Crippen molar-refractivity contribution in [1.29, 1.82) is 0 Å². The Morgan fingerprint density at radius 3 is 2.72 bits per heavy atom. The maximum Gasteiger partial charge on any atom is 0.289 e. The van der Waals surface area contributed by atoms with Gasteiger partial charge in [0, 0.05) is 56.6 Å². The van der Waals surface area contributed by atoms with Crippen LogP contribution in [0.5, 0.6) is 0 Å². The first kappa shape index (κ1) is 18.2. The van der Waals surface area contributed by atoms with Gasteiger partial charge in [-0.25, -0.2) is 4.98 Å². The highest BCUT2D eigenvalue weighted by Gasteiger charge is 2.38. The molecule has 3 aliphatic rings. The number of aromatic nitrogens is 4. The summed E-state index contributed by atoms with van der Waals surface area (Å²) in [5.41, 5.74) is 0.281. The zero-order valence-electron chi connectivity index (χ0n) is 15.9. The Hall–Kier alpha value is -2.88. The highest BCUT2D eigenvalue weighted by molar-refractivity contribution is 5.94. The lowest BCUT2D eigenvalue weighted by atomic mass is 9.93. The normalized spacial score (nSPS) is 21.8. The summed E-state index contributed by atoms with van der Waals surface area (Å²) in [6, 6.07) is 2.77. The Bertz CT molecular complexity index is 958. The Balaban J connectivity index is 1.35. The van der Waals surface area contributed by atoms with E-state index < -0.39 is 5.95 Å². The van der Waals surface area contributed by atoms with Gasteiger partial charge in [-0.3, -0.25) is 14.5 Å². The number of amides is 2. The van der Waals surface area contributed by atoms with Gasteiger partial charge in [0.15, 0.2) is 5.82 Å². The Morgan fingerprint density at radius 1 is 1.14 bits per heavy atom. The number of nitrogens with one attached hydrogen (secondary N) is 1. The molecule has 1 atom stereocenters. The molecule has 1 N–H and O–H groups in total. The monoisotopic (exact) mass is 399 g/mol.